The van der Waals surface area contributed by atoms with Gasteiger partial charge in [0, 0.05) is 25.2 Å². The van der Waals surface area contributed by atoms with Gasteiger partial charge in [0.05, 0.1) is 22.7 Å². The monoisotopic (exact) mass is 290 g/mol. The average Bonchev–Trinajstić information content (AvgIpc) is 2.43. The van der Waals surface area contributed by atoms with Crippen LogP contribution in [0.2, 0.25) is 0 Å². The highest BCUT2D eigenvalue weighted by molar-refractivity contribution is 5.92. The minimum Gasteiger partial charge on any atom is -0.372 e. The summed E-state index contributed by atoms with van der Waals surface area (Å²) < 4.78 is 5.57. The molecule has 0 saturated carbocycles. The van der Waals surface area contributed by atoms with Crippen molar-refractivity contribution in [3.8, 4) is 0 Å². The lowest BCUT2D eigenvalue weighted by Gasteiger charge is -2.34. The van der Waals surface area contributed by atoms with E-state index in [1.165, 1.54) is 18.2 Å². The molecule has 6 heteroatoms. The number of hydrogen-bond acceptors (Lipinski definition) is 4. The van der Waals surface area contributed by atoms with Crippen LogP contribution in [0.1, 0.15) is 19.4 Å². The lowest BCUT2D eigenvalue weighted by Crippen LogP contribution is -2.47. The Labute approximate surface area is 123 Å². The normalized spacial score (nSPS) is 22.5. The molecule has 0 spiro atoms. The molecule has 0 bridgehead atoms. The van der Waals surface area contributed by atoms with E-state index in [1.54, 1.807) is 23.1 Å². The Bertz CT molecular complexity index is 561. The molecule has 0 aromatic heterocycles. The van der Waals surface area contributed by atoms with Crippen LogP contribution in [-0.4, -0.2) is 41.0 Å². The van der Waals surface area contributed by atoms with Crippen LogP contribution in [0.15, 0.2) is 30.3 Å². The molecule has 1 aliphatic heterocycles. The number of ether oxygens (including phenoxy) is 1. The molecular weight excluding hydrogens is 272 g/mol. The van der Waals surface area contributed by atoms with Gasteiger partial charge < -0.3 is 9.64 Å². The minimum absolute atomic E-state index is 0.00263. The van der Waals surface area contributed by atoms with Gasteiger partial charge in [-0.1, -0.05) is 12.1 Å². The van der Waals surface area contributed by atoms with Crippen LogP contribution in [0.25, 0.3) is 6.08 Å². The third-order valence-electron chi connectivity index (χ3n) is 3.27. The maximum atomic E-state index is 12.2. The molecule has 1 saturated heterocycles. The summed E-state index contributed by atoms with van der Waals surface area (Å²) in [6.45, 7) is 4.90. The van der Waals surface area contributed by atoms with E-state index in [1.807, 2.05) is 13.8 Å². The number of rotatable bonds is 3. The zero-order valence-electron chi connectivity index (χ0n) is 12.1. The highest BCUT2D eigenvalue weighted by Crippen LogP contribution is 2.19. The van der Waals surface area contributed by atoms with Crippen LogP contribution >= 0.6 is 0 Å². The summed E-state index contributed by atoms with van der Waals surface area (Å²) in [6, 6.07) is 6.34. The first-order valence-electron chi connectivity index (χ1n) is 6.83. The molecule has 1 heterocycles. The number of benzene rings is 1. The van der Waals surface area contributed by atoms with Crippen molar-refractivity contribution in [2.75, 3.05) is 13.1 Å². The Kier molecular flexibility index (Phi) is 4.70. The van der Waals surface area contributed by atoms with Crippen LogP contribution in [0.4, 0.5) is 5.69 Å². The third-order valence-corrected chi connectivity index (χ3v) is 3.27. The van der Waals surface area contributed by atoms with Gasteiger partial charge >= 0.3 is 0 Å². The molecule has 1 fully saturated rings. The summed E-state index contributed by atoms with van der Waals surface area (Å²) >= 11 is 0. The van der Waals surface area contributed by atoms with Gasteiger partial charge in [-0.3, -0.25) is 14.9 Å². The van der Waals surface area contributed by atoms with E-state index in [-0.39, 0.29) is 23.8 Å². The number of amides is 1. The largest absolute Gasteiger partial charge is 0.372 e. The Balaban J connectivity index is 2.10. The fraction of sp³-hybridized carbons (Fsp3) is 0.400. The molecule has 2 rings (SSSR count). The van der Waals surface area contributed by atoms with Crippen molar-refractivity contribution in [1.29, 1.82) is 0 Å². The van der Waals surface area contributed by atoms with E-state index in [0.717, 1.165) is 0 Å². The molecule has 6 nitrogen and oxygen atoms in total. The molecule has 1 amide bonds. The summed E-state index contributed by atoms with van der Waals surface area (Å²) in [5.41, 5.74) is 0.412. The summed E-state index contributed by atoms with van der Waals surface area (Å²) in [6.07, 6.45) is 2.87. The maximum absolute atomic E-state index is 12.2. The Morgan fingerprint density at radius 2 is 1.95 bits per heavy atom. The molecule has 21 heavy (non-hydrogen) atoms. The van der Waals surface area contributed by atoms with Gasteiger partial charge in [0.15, 0.2) is 0 Å². The summed E-state index contributed by atoms with van der Waals surface area (Å²) in [5, 5.41) is 10.9. The quantitative estimate of drug-likeness (QED) is 0.486. The molecule has 0 N–H and O–H groups in total. The second-order valence-electron chi connectivity index (χ2n) is 5.15. The standard InChI is InChI=1S/C15H18N2O4/c1-11-9-16(10-12(2)21-11)15(18)8-7-13-5-3-4-6-14(13)17(19)20/h3-8,11-12H,9-10H2,1-2H3/b8-7+/t11-,12-/m0/s1. The molecule has 1 aromatic carbocycles. The first-order chi connectivity index (χ1) is 9.97. The zero-order valence-corrected chi connectivity index (χ0v) is 12.1. The second-order valence-corrected chi connectivity index (χ2v) is 5.15. The number of para-hydroxylation sites is 1. The van der Waals surface area contributed by atoms with Crippen molar-refractivity contribution in [3.63, 3.8) is 0 Å². The van der Waals surface area contributed by atoms with Crippen LogP contribution in [0, 0.1) is 10.1 Å². The third kappa shape index (κ3) is 3.88. The number of hydrogen-bond donors (Lipinski definition) is 0. The van der Waals surface area contributed by atoms with Gasteiger partial charge in [0.25, 0.3) is 5.69 Å². The van der Waals surface area contributed by atoms with Crippen LogP contribution in [-0.2, 0) is 9.53 Å². The number of nitrogens with zero attached hydrogens (tertiary/aromatic N) is 2. The SMILES string of the molecule is C[C@H]1CN(C(=O)/C=C/c2ccccc2[N+](=O)[O-])C[C@H](C)O1. The van der Waals surface area contributed by atoms with Crippen LogP contribution in [0.3, 0.4) is 0 Å². The Morgan fingerprint density at radius 3 is 2.57 bits per heavy atom. The van der Waals surface area contributed by atoms with Crippen LogP contribution in [0.5, 0.6) is 0 Å². The molecule has 1 aromatic rings. The second kappa shape index (κ2) is 6.49. The van der Waals surface area contributed by atoms with E-state index in [4.69, 9.17) is 4.74 Å². The first kappa shape index (κ1) is 15.2. The summed E-state index contributed by atoms with van der Waals surface area (Å²) in [5.74, 6) is -0.157. The van der Waals surface area contributed by atoms with Crippen molar-refractivity contribution in [2.24, 2.45) is 0 Å². The molecule has 0 aliphatic carbocycles. The van der Waals surface area contributed by atoms with Gasteiger partial charge in [-0.25, -0.2) is 0 Å². The van der Waals surface area contributed by atoms with E-state index in [2.05, 4.69) is 0 Å². The molecule has 0 unspecified atom stereocenters. The number of nitro benzene ring substituents is 1. The van der Waals surface area contributed by atoms with Gasteiger partial charge in [-0.15, -0.1) is 0 Å². The molecule has 2 atom stereocenters. The van der Waals surface area contributed by atoms with Crippen molar-refractivity contribution in [2.45, 2.75) is 26.1 Å². The van der Waals surface area contributed by atoms with Crippen molar-refractivity contribution in [1.82, 2.24) is 4.90 Å². The number of nitro groups is 1. The summed E-state index contributed by atoms with van der Waals surface area (Å²) in [7, 11) is 0. The highest BCUT2D eigenvalue weighted by Gasteiger charge is 2.24. The zero-order chi connectivity index (χ0) is 15.4. The van der Waals surface area contributed by atoms with E-state index >= 15 is 0 Å². The Hall–Kier alpha value is -2.21. The van der Waals surface area contributed by atoms with Gasteiger partial charge in [0.2, 0.25) is 5.91 Å². The number of carbonyl (C=O) groups is 1. The topological polar surface area (TPSA) is 72.7 Å². The maximum Gasteiger partial charge on any atom is 0.276 e. The van der Waals surface area contributed by atoms with Crippen molar-refractivity contribution in [3.05, 3.63) is 46.0 Å². The number of carbonyl (C=O) groups excluding carboxylic acids is 1. The molecule has 1 aliphatic rings. The Morgan fingerprint density at radius 1 is 1.33 bits per heavy atom. The molecular formula is C15H18N2O4. The number of morpholine rings is 1. The molecule has 112 valence electrons. The fourth-order valence-electron chi connectivity index (χ4n) is 2.42. The van der Waals surface area contributed by atoms with E-state index in [0.29, 0.717) is 18.7 Å². The minimum atomic E-state index is -0.455. The predicted molar refractivity (Wildman–Crippen MR) is 78.7 cm³/mol. The lowest BCUT2D eigenvalue weighted by molar-refractivity contribution is -0.385. The lowest BCUT2D eigenvalue weighted by atomic mass is 10.1. The first-order valence-corrected chi connectivity index (χ1v) is 6.83. The summed E-state index contributed by atoms with van der Waals surface area (Å²) in [4.78, 5) is 24.3. The average molecular weight is 290 g/mol. The van der Waals surface area contributed by atoms with Crippen molar-refractivity contribution >= 4 is 17.7 Å². The van der Waals surface area contributed by atoms with E-state index in [9.17, 15) is 14.9 Å². The molecule has 0 radical (unpaired) electrons. The fourth-order valence-corrected chi connectivity index (χ4v) is 2.42. The highest BCUT2D eigenvalue weighted by atomic mass is 16.6. The van der Waals surface area contributed by atoms with Crippen LogP contribution < -0.4 is 0 Å². The van der Waals surface area contributed by atoms with Crippen molar-refractivity contribution < 1.29 is 14.5 Å². The van der Waals surface area contributed by atoms with Gasteiger partial charge in [-0.2, -0.15) is 0 Å². The van der Waals surface area contributed by atoms with Gasteiger partial charge in [0.1, 0.15) is 0 Å². The van der Waals surface area contributed by atoms with E-state index < -0.39 is 4.92 Å². The smallest absolute Gasteiger partial charge is 0.276 e. The van der Waals surface area contributed by atoms with Gasteiger partial charge in [-0.05, 0) is 26.0 Å². The predicted octanol–water partition coefficient (Wildman–Crippen LogP) is 2.24.